The van der Waals surface area contributed by atoms with Gasteiger partial charge in [0.15, 0.2) is 0 Å². The van der Waals surface area contributed by atoms with Crippen molar-refractivity contribution in [3.63, 3.8) is 0 Å². The number of carbonyl (C=O) groups excluding carboxylic acids is 1. The maximum Gasteiger partial charge on any atom is 0.326 e. The Labute approximate surface area is 119 Å². The molecule has 0 aliphatic carbocycles. The van der Waals surface area contributed by atoms with Gasteiger partial charge in [0.1, 0.15) is 6.04 Å². The highest BCUT2D eigenvalue weighted by molar-refractivity contribution is 7.98. The van der Waals surface area contributed by atoms with Gasteiger partial charge in [0.25, 0.3) is 0 Å². The third kappa shape index (κ3) is 4.93. The molecule has 1 fully saturated rings. The lowest BCUT2D eigenvalue weighted by molar-refractivity contribution is -0.139. The van der Waals surface area contributed by atoms with Crippen molar-refractivity contribution < 1.29 is 14.7 Å². The van der Waals surface area contributed by atoms with Crippen molar-refractivity contribution in [3.8, 4) is 0 Å². The molecule has 0 spiro atoms. The van der Waals surface area contributed by atoms with Crippen LogP contribution in [-0.4, -0.2) is 52.6 Å². The van der Waals surface area contributed by atoms with E-state index in [0.717, 1.165) is 18.6 Å². The number of aliphatic carboxylic acids is 1. The smallest absolute Gasteiger partial charge is 0.326 e. The Morgan fingerprint density at radius 3 is 2.68 bits per heavy atom. The molecule has 0 saturated carbocycles. The zero-order valence-electron chi connectivity index (χ0n) is 11.9. The van der Waals surface area contributed by atoms with Crippen LogP contribution < -0.4 is 5.32 Å². The third-order valence-corrected chi connectivity index (χ3v) is 4.23. The third-order valence-electron chi connectivity index (χ3n) is 3.58. The summed E-state index contributed by atoms with van der Waals surface area (Å²) in [5, 5.41) is 11.8. The maximum absolute atomic E-state index is 12.2. The normalized spacial score (nSPS) is 24.9. The van der Waals surface area contributed by atoms with E-state index < -0.39 is 12.0 Å². The van der Waals surface area contributed by atoms with Gasteiger partial charge in [0, 0.05) is 12.6 Å². The van der Waals surface area contributed by atoms with Gasteiger partial charge in [-0.15, -0.1) is 0 Å². The zero-order chi connectivity index (χ0) is 14.4. The van der Waals surface area contributed by atoms with Gasteiger partial charge in [-0.3, -0.25) is 0 Å². The van der Waals surface area contributed by atoms with Gasteiger partial charge in [-0.25, -0.2) is 9.59 Å². The van der Waals surface area contributed by atoms with Crippen LogP contribution in [0.15, 0.2) is 0 Å². The Kier molecular flexibility index (Phi) is 6.48. The van der Waals surface area contributed by atoms with Crippen molar-refractivity contribution in [2.45, 2.75) is 45.2 Å². The highest BCUT2D eigenvalue weighted by Gasteiger charge is 2.29. The number of amides is 2. The first kappa shape index (κ1) is 16.1. The molecule has 6 heteroatoms. The Hall–Kier alpha value is -0.910. The molecule has 0 radical (unpaired) electrons. The lowest BCUT2D eigenvalue weighted by Crippen LogP contribution is -2.53. The van der Waals surface area contributed by atoms with Gasteiger partial charge < -0.3 is 15.3 Å². The second kappa shape index (κ2) is 7.62. The van der Waals surface area contributed by atoms with Crippen LogP contribution in [0.25, 0.3) is 0 Å². The van der Waals surface area contributed by atoms with Crippen LogP contribution in [0.3, 0.4) is 0 Å². The number of likely N-dealkylation sites (tertiary alicyclic amines) is 1. The fourth-order valence-electron chi connectivity index (χ4n) is 2.30. The van der Waals surface area contributed by atoms with Crippen LogP contribution in [0.2, 0.25) is 0 Å². The van der Waals surface area contributed by atoms with Crippen molar-refractivity contribution in [2.75, 3.05) is 18.6 Å². The van der Waals surface area contributed by atoms with E-state index in [0.29, 0.717) is 18.9 Å². The molecule has 1 heterocycles. The van der Waals surface area contributed by atoms with Crippen molar-refractivity contribution in [1.82, 2.24) is 10.2 Å². The number of carbonyl (C=O) groups is 2. The second-order valence-corrected chi connectivity index (χ2v) is 6.29. The zero-order valence-corrected chi connectivity index (χ0v) is 12.7. The minimum absolute atomic E-state index is 0.186. The Morgan fingerprint density at radius 1 is 1.42 bits per heavy atom. The largest absolute Gasteiger partial charge is 0.480 e. The summed E-state index contributed by atoms with van der Waals surface area (Å²) >= 11 is 1.58. The quantitative estimate of drug-likeness (QED) is 0.812. The number of hydrogen-bond donors (Lipinski definition) is 2. The molecule has 3 unspecified atom stereocenters. The van der Waals surface area contributed by atoms with Crippen molar-refractivity contribution >= 4 is 23.8 Å². The van der Waals surface area contributed by atoms with Crippen LogP contribution in [0.4, 0.5) is 4.79 Å². The van der Waals surface area contributed by atoms with E-state index in [4.69, 9.17) is 5.11 Å². The number of hydrogen-bond acceptors (Lipinski definition) is 3. The first-order valence-electron chi connectivity index (χ1n) is 6.74. The van der Waals surface area contributed by atoms with E-state index in [1.54, 1.807) is 16.7 Å². The van der Waals surface area contributed by atoms with Gasteiger partial charge in [0.05, 0.1) is 0 Å². The number of nitrogens with zero attached hydrogens (tertiary/aromatic N) is 1. The summed E-state index contributed by atoms with van der Waals surface area (Å²) in [4.78, 5) is 25.1. The first-order valence-corrected chi connectivity index (χ1v) is 8.14. The molecule has 1 rings (SSSR count). The molecule has 1 saturated heterocycles. The fraction of sp³-hybridized carbons (Fsp3) is 0.846. The van der Waals surface area contributed by atoms with Crippen molar-refractivity contribution in [3.05, 3.63) is 0 Å². The molecule has 2 N–H and O–H groups in total. The molecule has 1 aliphatic rings. The standard InChI is InChI=1S/C13H24N2O3S/c1-9-4-5-10(2)15(8-9)13(18)14-11(12(16)17)6-7-19-3/h9-11H,4-8H2,1-3H3,(H,14,18)(H,16,17). The Balaban J connectivity index is 2.57. The van der Waals surface area contributed by atoms with E-state index >= 15 is 0 Å². The van der Waals surface area contributed by atoms with Gasteiger partial charge >= 0.3 is 12.0 Å². The van der Waals surface area contributed by atoms with E-state index in [1.165, 1.54) is 0 Å². The number of nitrogens with one attached hydrogen (secondary N) is 1. The highest BCUT2D eigenvalue weighted by Crippen LogP contribution is 2.21. The lowest BCUT2D eigenvalue weighted by Gasteiger charge is -2.37. The van der Waals surface area contributed by atoms with E-state index in [9.17, 15) is 9.59 Å². The summed E-state index contributed by atoms with van der Waals surface area (Å²) in [5.74, 6) is 0.250. The van der Waals surface area contributed by atoms with Crippen LogP contribution >= 0.6 is 11.8 Å². The number of rotatable bonds is 5. The number of carboxylic acid groups (broad SMARTS) is 1. The van der Waals surface area contributed by atoms with Crippen LogP contribution in [0.5, 0.6) is 0 Å². The summed E-state index contributed by atoms with van der Waals surface area (Å²) in [7, 11) is 0. The van der Waals surface area contributed by atoms with Crippen molar-refractivity contribution in [2.24, 2.45) is 5.92 Å². The topological polar surface area (TPSA) is 69.6 Å². The average molecular weight is 288 g/mol. The van der Waals surface area contributed by atoms with Crippen LogP contribution in [0.1, 0.15) is 33.1 Å². The molecule has 5 nitrogen and oxygen atoms in total. The lowest BCUT2D eigenvalue weighted by atomic mass is 9.95. The first-order chi connectivity index (χ1) is 8.95. The molecule has 0 bridgehead atoms. The number of carboxylic acids is 1. The maximum atomic E-state index is 12.2. The van der Waals surface area contributed by atoms with Crippen LogP contribution in [-0.2, 0) is 4.79 Å². The minimum atomic E-state index is -0.958. The van der Waals surface area contributed by atoms with Gasteiger partial charge in [-0.1, -0.05) is 6.92 Å². The molecule has 19 heavy (non-hydrogen) atoms. The fourth-order valence-corrected chi connectivity index (χ4v) is 2.77. The highest BCUT2D eigenvalue weighted by atomic mass is 32.2. The van der Waals surface area contributed by atoms with E-state index in [-0.39, 0.29) is 12.1 Å². The SMILES string of the molecule is CSCCC(NC(=O)N1CC(C)CCC1C)C(=O)O. The van der Waals surface area contributed by atoms with Crippen LogP contribution in [0, 0.1) is 5.92 Å². The molecule has 0 aromatic rings. The second-order valence-electron chi connectivity index (χ2n) is 5.31. The predicted molar refractivity (Wildman–Crippen MR) is 77.5 cm³/mol. The molecule has 2 amide bonds. The Bertz CT molecular complexity index is 325. The Morgan fingerprint density at radius 2 is 2.11 bits per heavy atom. The summed E-state index contributed by atoms with van der Waals surface area (Å²) in [6, 6.07) is -0.844. The summed E-state index contributed by atoms with van der Waals surface area (Å²) in [6.07, 6.45) is 4.49. The average Bonchev–Trinajstić information content (AvgIpc) is 2.36. The molecule has 110 valence electrons. The molecule has 3 atom stereocenters. The number of thioether (sulfide) groups is 1. The molecule has 0 aromatic carbocycles. The molecular formula is C13H24N2O3S. The van der Waals surface area contributed by atoms with Gasteiger partial charge in [-0.2, -0.15) is 11.8 Å². The number of piperidine rings is 1. The summed E-state index contributed by atoms with van der Waals surface area (Å²) in [6.45, 7) is 4.85. The summed E-state index contributed by atoms with van der Waals surface area (Å²) in [5.41, 5.74) is 0. The summed E-state index contributed by atoms with van der Waals surface area (Å²) < 4.78 is 0. The van der Waals surface area contributed by atoms with E-state index in [1.807, 2.05) is 13.2 Å². The minimum Gasteiger partial charge on any atom is -0.480 e. The molecule has 0 aromatic heterocycles. The monoisotopic (exact) mass is 288 g/mol. The van der Waals surface area contributed by atoms with Gasteiger partial charge in [-0.05, 0) is 44.1 Å². The molecular weight excluding hydrogens is 264 g/mol. The van der Waals surface area contributed by atoms with Crippen molar-refractivity contribution in [1.29, 1.82) is 0 Å². The molecule has 1 aliphatic heterocycles. The van der Waals surface area contributed by atoms with E-state index in [2.05, 4.69) is 12.2 Å². The van der Waals surface area contributed by atoms with Gasteiger partial charge in [0.2, 0.25) is 0 Å². The number of urea groups is 1. The predicted octanol–water partition coefficient (Wildman–Crippen LogP) is 2.02.